The lowest BCUT2D eigenvalue weighted by molar-refractivity contribution is -0.137. The highest BCUT2D eigenvalue weighted by Crippen LogP contribution is 2.17. The largest absolute Gasteiger partial charge is 0.494 e. The van der Waals surface area contributed by atoms with E-state index in [1.807, 2.05) is 12.1 Å². The summed E-state index contributed by atoms with van der Waals surface area (Å²) in [6.07, 6.45) is 0.543. The van der Waals surface area contributed by atoms with Crippen molar-refractivity contribution >= 4 is 23.5 Å². The number of carbonyl (C=O) groups is 2. The number of benzene rings is 2. The van der Waals surface area contributed by atoms with Crippen LogP contribution in [0.15, 0.2) is 48.5 Å². The zero-order chi connectivity index (χ0) is 18.8. The Kier molecular flexibility index (Phi) is 7.76. The molecule has 0 atom stereocenters. The minimum atomic E-state index is -0.834. The van der Waals surface area contributed by atoms with Gasteiger partial charge in [-0.3, -0.25) is 9.59 Å². The van der Waals surface area contributed by atoms with Crippen LogP contribution in [0.4, 0.5) is 0 Å². The van der Waals surface area contributed by atoms with E-state index in [2.05, 4.69) is 5.32 Å². The van der Waals surface area contributed by atoms with Crippen molar-refractivity contribution < 1.29 is 24.2 Å². The summed E-state index contributed by atoms with van der Waals surface area (Å²) < 4.78 is 10.8. The number of carbonyl (C=O) groups excluding carboxylic acids is 1. The van der Waals surface area contributed by atoms with Crippen molar-refractivity contribution in [2.75, 3.05) is 13.2 Å². The lowest BCUT2D eigenvalue weighted by Crippen LogP contribution is -2.28. The molecule has 2 N–H and O–H groups in total. The maximum Gasteiger partial charge on any atom is 0.303 e. The molecule has 138 valence electrons. The normalized spacial score (nSPS) is 10.2. The first-order valence-corrected chi connectivity index (χ1v) is 8.49. The number of amides is 1. The third-order valence-electron chi connectivity index (χ3n) is 3.38. The van der Waals surface area contributed by atoms with Crippen molar-refractivity contribution in [1.29, 1.82) is 0 Å². The van der Waals surface area contributed by atoms with Crippen molar-refractivity contribution in [2.45, 2.75) is 19.4 Å². The number of hydrogen-bond acceptors (Lipinski definition) is 4. The standard InChI is InChI=1S/C19H20ClNO5/c20-15-3-1-4-17(11-15)26-13-18(22)21-12-14-6-8-16(9-7-14)25-10-2-5-19(23)24/h1,3-4,6-9,11H,2,5,10,12-13H2,(H,21,22)(H,23,24). The molecule has 26 heavy (non-hydrogen) atoms. The van der Waals surface area contributed by atoms with Gasteiger partial charge in [-0.2, -0.15) is 0 Å². The molecule has 2 aromatic carbocycles. The quantitative estimate of drug-likeness (QED) is 0.621. The Bertz CT molecular complexity index is 733. The average molecular weight is 378 g/mol. The van der Waals surface area contributed by atoms with Gasteiger partial charge >= 0.3 is 5.97 Å². The zero-order valence-corrected chi connectivity index (χ0v) is 14.9. The fraction of sp³-hybridized carbons (Fsp3) is 0.263. The van der Waals surface area contributed by atoms with Gasteiger partial charge in [0.25, 0.3) is 5.91 Å². The maximum atomic E-state index is 11.8. The van der Waals surface area contributed by atoms with Gasteiger partial charge in [0.1, 0.15) is 11.5 Å². The Balaban J connectivity index is 1.68. The summed E-state index contributed by atoms with van der Waals surface area (Å²) in [5.74, 6) is 0.129. The van der Waals surface area contributed by atoms with E-state index >= 15 is 0 Å². The molecule has 2 aromatic rings. The van der Waals surface area contributed by atoms with E-state index in [4.69, 9.17) is 26.2 Å². The van der Waals surface area contributed by atoms with Gasteiger partial charge in [-0.25, -0.2) is 0 Å². The number of aliphatic carboxylic acids is 1. The second-order valence-electron chi connectivity index (χ2n) is 5.51. The molecule has 0 spiro atoms. The number of halogens is 1. The first kappa shape index (κ1) is 19.6. The molecule has 7 heteroatoms. The van der Waals surface area contributed by atoms with E-state index < -0.39 is 5.97 Å². The van der Waals surface area contributed by atoms with Crippen LogP contribution in [0, 0.1) is 0 Å². The van der Waals surface area contributed by atoms with Crippen LogP contribution >= 0.6 is 11.6 Å². The van der Waals surface area contributed by atoms with Crippen molar-refractivity contribution in [2.24, 2.45) is 0 Å². The SMILES string of the molecule is O=C(O)CCCOc1ccc(CNC(=O)COc2cccc(Cl)c2)cc1. The predicted octanol–water partition coefficient (Wildman–Crippen LogP) is 3.28. The molecule has 0 unspecified atom stereocenters. The molecule has 6 nitrogen and oxygen atoms in total. The Morgan fingerprint density at radius 3 is 2.50 bits per heavy atom. The van der Waals surface area contributed by atoms with E-state index in [0.29, 0.717) is 36.1 Å². The Morgan fingerprint density at radius 2 is 1.81 bits per heavy atom. The van der Waals surface area contributed by atoms with E-state index in [1.165, 1.54) is 0 Å². The van der Waals surface area contributed by atoms with Gasteiger partial charge in [0.15, 0.2) is 6.61 Å². The van der Waals surface area contributed by atoms with E-state index in [1.54, 1.807) is 36.4 Å². The third-order valence-corrected chi connectivity index (χ3v) is 3.62. The summed E-state index contributed by atoms with van der Waals surface area (Å²) in [5.41, 5.74) is 0.916. The minimum absolute atomic E-state index is 0.0847. The van der Waals surface area contributed by atoms with Crippen LogP contribution in [-0.2, 0) is 16.1 Å². The smallest absolute Gasteiger partial charge is 0.303 e. The monoisotopic (exact) mass is 377 g/mol. The number of hydrogen-bond donors (Lipinski definition) is 2. The van der Waals surface area contributed by atoms with Crippen LogP contribution < -0.4 is 14.8 Å². The zero-order valence-electron chi connectivity index (χ0n) is 14.1. The number of carboxylic acids is 1. The average Bonchev–Trinajstić information content (AvgIpc) is 2.63. The molecule has 0 saturated heterocycles. The fourth-order valence-electron chi connectivity index (χ4n) is 2.07. The molecule has 0 radical (unpaired) electrons. The van der Waals surface area contributed by atoms with Gasteiger partial charge in [-0.1, -0.05) is 29.8 Å². The number of rotatable bonds is 10. The summed E-state index contributed by atoms with van der Waals surface area (Å²) in [7, 11) is 0. The maximum absolute atomic E-state index is 11.8. The highest BCUT2D eigenvalue weighted by atomic mass is 35.5. The van der Waals surface area contributed by atoms with Gasteiger partial charge in [0.05, 0.1) is 6.61 Å². The molecule has 0 aliphatic carbocycles. The highest BCUT2D eigenvalue weighted by molar-refractivity contribution is 6.30. The molecule has 0 saturated carbocycles. The van der Waals surface area contributed by atoms with Gasteiger partial charge in [-0.15, -0.1) is 0 Å². The van der Waals surface area contributed by atoms with Gasteiger partial charge < -0.3 is 19.9 Å². The molecule has 1 amide bonds. The number of ether oxygens (including phenoxy) is 2. The first-order chi connectivity index (χ1) is 12.5. The summed E-state index contributed by atoms with van der Waals surface area (Å²) >= 11 is 5.85. The predicted molar refractivity (Wildman–Crippen MR) is 97.6 cm³/mol. The second kappa shape index (κ2) is 10.3. The van der Waals surface area contributed by atoms with Crippen molar-refractivity contribution in [3.8, 4) is 11.5 Å². The van der Waals surface area contributed by atoms with Gasteiger partial charge in [0.2, 0.25) is 0 Å². The van der Waals surface area contributed by atoms with Crippen molar-refractivity contribution in [3.63, 3.8) is 0 Å². The van der Waals surface area contributed by atoms with Crippen LogP contribution in [0.3, 0.4) is 0 Å². The Morgan fingerprint density at radius 1 is 1.04 bits per heavy atom. The second-order valence-corrected chi connectivity index (χ2v) is 5.95. The van der Waals surface area contributed by atoms with Crippen molar-refractivity contribution in [3.05, 3.63) is 59.1 Å². The molecule has 0 aliphatic rings. The lowest BCUT2D eigenvalue weighted by atomic mass is 10.2. The summed E-state index contributed by atoms with van der Waals surface area (Å²) in [4.78, 5) is 22.2. The Labute approximate surface area is 156 Å². The first-order valence-electron chi connectivity index (χ1n) is 8.11. The topological polar surface area (TPSA) is 84.9 Å². The third kappa shape index (κ3) is 7.44. The summed E-state index contributed by atoms with van der Waals surface area (Å²) in [6, 6.07) is 14.1. The number of nitrogens with one attached hydrogen (secondary N) is 1. The van der Waals surface area contributed by atoms with Crippen LogP contribution in [0.1, 0.15) is 18.4 Å². The lowest BCUT2D eigenvalue weighted by Gasteiger charge is -2.09. The fourth-order valence-corrected chi connectivity index (χ4v) is 2.25. The van der Waals surface area contributed by atoms with Gasteiger partial charge in [-0.05, 0) is 42.3 Å². The molecule has 2 rings (SSSR count). The minimum Gasteiger partial charge on any atom is -0.494 e. The van der Waals surface area contributed by atoms with Crippen LogP contribution in [0.2, 0.25) is 5.02 Å². The van der Waals surface area contributed by atoms with Crippen LogP contribution in [-0.4, -0.2) is 30.2 Å². The highest BCUT2D eigenvalue weighted by Gasteiger charge is 2.04. The number of carboxylic acid groups (broad SMARTS) is 1. The molecule has 0 fully saturated rings. The van der Waals surface area contributed by atoms with E-state index in [9.17, 15) is 9.59 Å². The molecule has 0 aliphatic heterocycles. The van der Waals surface area contributed by atoms with E-state index in [-0.39, 0.29) is 18.9 Å². The van der Waals surface area contributed by atoms with Gasteiger partial charge in [0, 0.05) is 18.0 Å². The van der Waals surface area contributed by atoms with Crippen LogP contribution in [0.25, 0.3) is 0 Å². The summed E-state index contributed by atoms with van der Waals surface area (Å²) in [5, 5.41) is 11.9. The van der Waals surface area contributed by atoms with Crippen molar-refractivity contribution in [1.82, 2.24) is 5.32 Å². The molecular formula is C19H20ClNO5. The molecule has 0 heterocycles. The van der Waals surface area contributed by atoms with Crippen LogP contribution in [0.5, 0.6) is 11.5 Å². The molecule has 0 aromatic heterocycles. The molecular weight excluding hydrogens is 358 g/mol. The summed E-state index contributed by atoms with van der Waals surface area (Å²) in [6.45, 7) is 0.630. The van der Waals surface area contributed by atoms with E-state index in [0.717, 1.165) is 5.56 Å². The molecule has 0 bridgehead atoms. The Hall–Kier alpha value is -2.73.